The minimum absolute atomic E-state index is 0.112. The van der Waals surface area contributed by atoms with Crippen LogP contribution in [-0.4, -0.2) is 72.3 Å². The summed E-state index contributed by atoms with van der Waals surface area (Å²) in [4.78, 5) is 34.0. The zero-order valence-electron chi connectivity index (χ0n) is 24.8. The number of benzene rings is 2. The van der Waals surface area contributed by atoms with Gasteiger partial charge in [-0.2, -0.15) is 11.3 Å². The van der Waals surface area contributed by atoms with Crippen LogP contribution in [0.1, 0.15) is 72.9 Å². The van der Waals surface area contributed by atoms with E-state index in [1.165, 1.54) is 11.1 Å². The molecule has 3 saturated heterocycles. The largest absolute Gasteiger partial charge is 0.342 e. The van der Waals surface area contributed by atoms with Crippen molar-refractivity contribution in [2.75, 3.05) is 45.8 Å². The lowest BCUT2D eigenvalue weighted by Crippen LogP contribution is -2.52. The van der Waals surface area contributed by atoms with Crippen LogP contribution in [0.3, 0.4) is 0 Å². The van der Waals surface area contributed by atoms with Gasteiger partial charge in [0.15, 0.2) is 0 Å². The van der Waals surface area contributed by atoms with Gasteiger partial charge in [0.2, 0.25) is 5.91 Å². The Morgan fingerprint density at radius 1 is 0.791 bits per heavy atom. The van der Waals surface area contributed by atoms with Crippen molar-refractivity contribution in [1.29, 1.82) is 0 Å². The Bertz CT molecular complexity index is 1400. The number of amides is 2. The third-order valence-corrected chi connectivity index (χ3v) is 11.6. The molecule has 3 fully saturated rings. The number of carbonyl (C=O) groups is 2. The van der Waals surface area contributed by atoms with Gasteiger partial charge in [0.05, 0.1) is 21.0 Å². The predicted molar refractivity (Wildman–Crippen MR) is 176 cm³/mol. The zero-order valence-corrected chi connectivity index (χ0v) is 27.1. The SMILES string of the molecule is O=C(c1ccsc1)N1CCCC(CCCN2CCC(C(=O)N3CCCC3)(c3ccccc3)CC2)(c2ccc(Cl)c(Cl)c2)C1. The van der Waals surface area contributed by atoms with E-state index in [1.54, 1.807) is 11.3 Å². The number of carbonyl (C=O) groups excluding carboxylic acids is 2. The molecule has 8 heteroatoms. The Morgan fingerprint density at radius 3 is 2.23 bits per heavy atom. The molecule has 43 heavy (non-hydrogen) atoms. The molecule has 4 heterocycles. The summed E-state index contributed by atoms with van der Waals surface area (Å²) >= 11 is 14.4. The maximum atomic E-state index is 13.9. The highest BCUT2D eigenvalue weighted by Gasteiger charge is 2.45. The topological polar surface area (TPSA) is 43.9 Å². The predicted octanol–water partition coefficient (Wildman–Crippen LogP) is 7.67. The number of piperidine rings is 2. The molecule has 0 radical (unpaired) electrons. The lowest BCUT2D eigenvalue weighted by atomic mass is 9.70. The number of nitrogens with zero attached hydrogens (tertiary/aromatic N) is 3. The monoisotopic (exact) mass is 637 g/mol. The van der Waals surface area contributed by atoms with E-state index < -0.39 is 5.41 Å². The van der Waals surface area contributed by atoms with E-state index in [2.05, 4.69) is 40.1 Å². The molecular weight excluding hydrogens is 597 g/mol. The maximum Gasteiger partial charge on any atom is 0.254 e. The molecule has 2 aromatic carbocycles. The zero-order chi connectivity index (χ0) is 29.9. The van der Waals surface area contributed by atoms with Gasteiger partial charge in [0.1, 0.15) is 0 Å². The summed E-state index contributed by atoms with van der Waals surface area (Å²) in [5, 5.41) is 5.03. The lowest BCUT2D eigenvalue weighted by Gasteiger charge is -2.45. The number of hydrogen-bond acceptors (Lipinski definition) is 4. The van der Waals surface area contributed by atoms with Crippen molar-refractivity contribution in [2.45, 2.75) is 62.2 Å². The molecule has 1 aromatic heterocycles. The van der Waals surface area contributed by atoms with Crippen molar-refractivity contribution in [3.63, 3.8) is 0 Å². The molecule has 0 N–H and O–H groups in total. The summed E-state index contributed by atoms with van der Waals surface area (Å²) < 4.78 is 0. The molecule has 0 spiro atoms. The van der Waals surface area contributed by atoms with Crippen LogP contribution in [0, 0.1) is 0 Å². The highest BCUT2D eigenvalue weighted by Crippen LogP contribution is 2.42. The lowest BCUT2D eigenvalue weighted by molar-refractivity contribution is -0.138. The Kier molecular flexibility index (Phi) is 9.49. The summed E-state index contributed by atoms with van der Waals surface area (Å²) in [7, 11) is 0. The quantitative estimate of drug-likeness (QED) is 0.255. The molecule has 3 aromatic rings. The first-order valence-corrected chi connectivity index (χ1v) is 17.4. The van der Waals surface area contributed by atoms with Crippen molar-refractivity contribution in [2.24, 2.45) is 0 Å². The number of thiophene rings is 1. The molecule has 228 valence electrons. The molecule has 3 aliphatic rings. The maximum absolute atomic E-state index is 13.9. The summed E-state index contributed by atoms with van der Waals surface area (Å²) in [5.74, 6) is 0.438. The van der Waals surface area contributed by atoms with Crippen molar-refractivity contribution in [3.8, 4) is 0 Å². The van der Waals surface area contributed by atoms with Crippen LogP contribution in [0.4, 0.5) is 0 Å². The van der Waals surface area contributed by atoms with E-state index in [9.17, 15) is 9.59 Å². The third kappa shape index (κ3) is 6.40. The fraction of sp³-hybridized carbons (Fsp3) is 0.486. The first-order chi connectivity index (χ1) is 20.9. The van der Waals surface area contributed by atoms with Crippen LogP contribution >= 0.6 is 34.5 Å². The van der Waals surface area contributed by atoms with Crippen molar-refractivity contribution >= 4 is 46.4 Å². The highest BCUT2D eigenvalue weighted by atomic mass is 35.5. The molecule has 1 atom stereocenters. The van der Waals surface area contributed by atoms with E-state index in [0.29, 0.717) is 22.5 Å². The average molecular weight is 639 g/mol. The van der Waals surface area contributed by atoms with Gasteiger partial charge in [-0.3, -0.25) is 9.59 Å². The average Bonchev–Trinajstić information content (AvgIpc) is 3.78. The molecule has 0 saturated carbocycles. The van der Waals surface area contributed by atoms with Crippen molar-refractivity contribution in [3.05, 3.63) is 92.1 Å². The van der Waals surface area contributed by atoms with E-state index >= 15 is 0 Å². The Hall–Kier alpha value is -2.38. The molecular formula is C35H41Cl2N3O2S. The number of rotatable bonds is 8. The van der Waals surface area contributed by atoms with Crippen LogP contribution in [0.5, 0.6) is 0 Å². The van der Waals surface area contributed by atoms with Crippen molar-refractivity contribution in [1.82, 2.24) is 14.7 Å². The van der Waals surface area contributed by atoms with Gasteiger partial charge in [-0.25, -0.2) is 0 Å². The van der Waals surface area contributed by atoms with E-state index in [1.807, 2.05) is 39.9 Å². The second-order valence-electron chi connectivity index (χ2n) is 12.6. The van der Waals surface area contributed by atoms with Gasteiger partial charge in [-0.05, 0) is 106 Å². The molecule has 2 amide bonds. The van der Waals surface area contributed by atoms with Gasteiger partial charge in [0.25, 0.3) is 5.91 Å². The first-order valence-electron chi connectivity index (χ1n) is 15.7. The van der Waals surface area contributed by atoms with Gasteiger partial charge in [0, 0.05) is 37.0 Å². The van der Waals surface area contributed by atoms with Crippen LogP contribution in [0.25, 0.3) is 0 Å². The van der Waals surface area contributed by atoms with Gasteiger partial charge in [-0.1, -0.05) is 59.6 Å². The third-order valence-electron chi connectivity index (χ3n) is 10.1. The minimum atomic E-state index is -0.421. The van der Waals surface area contributed by atoms with Gasteiger partial charge >= 0.3 is 0 Å². The van der Waals surface area contributed by atoms with Gasteiger partial charge < -0.3 is 14.7 Å². The summed E-state index contributed by atoms with van der Waals surface area (Å²) in [6.07, 6.45) is 7.88. The minimum Gasteiger partial charge on any atom is -0.342 e. The first kappa shape index (κ1) is 30.6. The summed E-state index contributed by atoms with van der Waals surface area (Å²) in [6, 6.07) is 18.4. The summed E-state index contributed by atoms with van der Waals surface area (Å²) in [5.41, 5.74) is 2.52. The standard InChI is InChI=1S/C35H41Cl2N3O2S/c36-30-11-10-29(24-31(30)37)34(14-7-20-40(26-34)32(41)27-12-23-43-25-27)13-6-17-38-21-15-35(16-22-38,28-8-2-1-3-9-28)33(42)39-18-4-5-19-39/h1-3,8-12,23-25H,4-7,13-22,26H2. The Labute approximate surface area is 269 Å². The normalized spacial score (nSPS) is 22.6. The Balaban J connectivity index is 1.15. The van der Waals surface area contributed by atoms with Crippen LogP contribution < -0.4 is 0 Å². The fourth-order valence-electron chi connectivity index (χ4n) is 7.69. The van der Waals surface area contributed by atoms with Crippen molar-refractivity contribution < 1.29 is 9.59 Å². The van der Waals surface area contributed by atoms with Crippen LogP contribution in [-0.2, 0) is 15.6 Å². The van der Waals surface area contributed by atoms with Crippen LogP contribution in [0.2, 0.25) is 10.0 Å². The fourth-order valence-corrected chi connectivity index (χ4v) is 8.62. The molecule has 1 unspecified atom stereocenters. The molecule has 5 nitrogen and oxygen atoms in total. The second kappa shape index (κ2) is 13.3. The molecule has 0 bridgehead atoms. The van der Waals surface area contributed by atoms with E-state index in [-0.39, 0.29) is 11.3 Å². The van der Waals surface area contributed by atoms with E-state index in [0.717, 1.165) is 96.2 Å². The number of likely N-dealkylation sites (tertiary alicyclic amines) is 3. The molecule has 0 aliphatic carbocycles. The van der Waals surface area contributed by atoms with Gasteiger partial charge in [-0.15, -0.1) is 0 Å². The number of hydrogen-bond donors (Lipinski definition) is 0. The second-order valence-corrected chi connectivity index (χ2v) is 14.2. The van der Waals surface area contributed by atoms with Crippen LogP contribution in [0.15, 0.2) is 65.4 Å². The Morgan fingerprint density at radius 2 is 1.53 bits per heavy atom. The molecule has 3 aliphatic heterocycles. The highest BCUT2D eigenvalue weighted by molar-refractivity contribution is 7.08. The number of halogens is 2. The summed E-state index contributed by atoms with van der Waals surface area (Å²) in [6.45, 7) is 6.04. The molecule has 6 rings (SSSR count). The van der Waals surface area contributed by atoms with E-state index in [4.69, 9.17) is 23.2 Å². The smallest absolute Gasteiger partial charge is 0.254 e.